The molecule has 0 saturated carbocycles. The van der Waals surface area contributed by atoms with E-state index in [0.717, 1.165) is 11.4 Å². The van der Waals surface area contributed by atoms with E-state index in [1.165, 1.54) is 93.3 Å². The minimum absolute atomic E-state index is 1.13. The lowest BCUT2D eigenvalue weighted by atomic mass is 9.77. The molecule has 0 fully saturated rings. The van der Waals surface area contributed by atoms with Gasteiger partial charge >= 0.3 is 0 Å². The van der Waals surface area contributed by atoms with Gasteiger partial charge in [-0.3, -0.25) is 0 Å². The van der Waals surface area contributed by atoms with E-state index in [2.05, 4.69) is 205 Å². The molecule has 0 spiro atoms. The van der Waals surface area contributed by atoms with Crippen LogP contribution in [0.15, 0.2) is 200 Å². The summed E-state index contributed by atoms with van der Waals surface area (Å²) in [6, 6.07) is 73.5. The Balaban J connectivity index is 1.05. The third kappa shape index (κ3) is 4.86. The summed E-state index contributed by atoms with van der Waals surface area (Å²) in [6.45, 7) is 0. The number of fused-ring (bicyclic) bond motifs is 9. The van der Waals surface area contributed by atoms with Crippen molar-refractivity contribution < 1.29 is 0 Å². The third-order valence-corrected chi connectivity index (χ3v) is 11.1. The summed E-state index contributed by atoms with van der Waals surface area (Å²) in [5.74, 6) is 0. The molecule has 0 amide bonds. The van der Waals surface area contributed by atoms with E-state index in [-0.39, 0.29) is 0 Å². The van der Waals surface area contributed by atoms with E-state index in [1.807, 2.05) is 0 Å². The molecule has 10 aromatic carbocycles. The Hall–Kier alpha value is -6.96. The Labute approximate surface area is 308 Å². The maximum atomic E-state index is 2.44. The molecule has 10 aromatic rings. The second kappa shape index (κ2) is 11.8. The van der Waals surface area contributed by atoms with Gasteiger partial charge in [0.15, 0.2) is 0 Å². The molecule has 53 heavy (non-hydrogen) atoms. The van der Waals surface area contributed by atoms with Gasteiger partial charge in [0.25, 0.3) is 0 Å². The van der Waals surface area contributed by atoms with Gasteiger partial charge in [0, 0.05) is 16.8 Å². The quantitative estimate of drug-likeness (QED) is 0.165. The molecule has 0 unspecified atom stereocenters. The van der Waals surface area contributed by atoms with E-state index < -0.39 is 0 Å². The third-order valence-electron chi connectivity index (χ3n) is 11.1. The summed E-state index contributed by atoms with van der Waals surface area (Å²) < 4.78 is 0. The first-order chi connectivity index (χ1) is 26.2. The van der Waals surface area contributed by atoms with Crippen molar-refractivity contribution in [1.82, 2.24) is 0 Å². The summed E-state index contributed by atoms with van der Waals surface area (Å²) >= 11 is 0. The first-order valence-corrected chi connectivity index (χ1v) is 18.3. The topological polar surface area (TPSA) is 3.24 Å². The second-order valence-corrected chi connectivity index (χ2v) is 14.2. The van der Waals surface area contributed by atoms with Gasteiger partial charge in [-0.05, 0) is 143 Å². The molecule has 246 valence electrons. The molecule has 0 bridgehead atoms. The fourth-order valence-corrected chi connectivity index (χ4v) is 8.44. The van der Waals surface area contributed by atoms with E-state index in [1.54, 1.807) is 0 Å². The zero-order valence-electron chi connectivity index (χ0n) is 29.0. The maximum Gasteiger partial charge on any atom is 0.0546 e. The van der Waals surface area contributed by atoms with Crippen molar-refractivity contribution in [2.75, 3.05) is 4.90 Å². The fourth-order valence-electron chi connectivity index (χ4n) is 8.44. The monoisotopic (exact) mass is 671 g/mol. The second-order valence-electron chi connectivity index (χ2n) is 14.2. The first kappa shape index (κ1) is 29.7. The van der Waals surface area contributed by atoms with Crippen LogP contribution in [0.1, 0.15) is 0 Å². The Morgan fingerprint density at radius 3 is 1.40 bits per heavy atom. The maximum absolute atomic E-state index is 2.44. The summed E-state index contributed by atoms with van der Waals surface area (Å²) in [5.41, 5.74) is 13.7. The average Bonchev–Trinajstić information content (AvgIpc) is 3.23. The Morgan fingerprint density at radius 1 is 0.245 bits per heavy atom. The summed E-state index contributed by atoms with van der Waals surface area (Å²) in [7, 11) is 0. The molecular weight excluding hydrogens is 639 g/mol. The van der Waals surface area contributed by atoms with Crippen LogP contribution < -0.4 is 4.90 Å². The SMILES string of the molecule is c1ccc(-c2ccc(N(c3ccc4cc5c(cc4c3)-c3cc4ccc(-c6ccccc6)cc4cc3-5)c3cc4ccccc4c4ccccc34)cc2)cc1. The predicted octanol–water partition coefficient (Wildman–Crippen LogP) is 14.8. The zero-order chi connectivity index (χ0) is 34.9. The van der Waals surface area contributed by atoms with Gasteiger partial charge in [-0.1, -0.05) is 140 Å². The summed E-state index contributed by atoms with van der Waals surface area (Å²) in [6.07, 6.45) is 0. The molecule has 0 N–H and O–H groups in total. The summed E-state index contributed by atoms with van der Waals surface area (Å²) in [4.78, 5) is 2.44. The van der Waals surface area contributed by atoms with Crippen molar-refractivity contribution in [3.8, 4) is 44.5 Å². The van der Waals surface area contributed by atoms with Gasteiger partial charge in [0.2, 0.25) is 0 Å². The lowest BCUT2D eigenvalue weighted by Crippen LogP contribution is -2.11. The standard InChI is InChI=1S/C52H33N/c1-3-11-34(12-4-1)36-21-24-43(25-22-36)53(52-33-40-15-7-8-16-45(40)46-17-9-10-18-47(46)52)44-26-23-39-30-49-50-31-41-27-37(35-13-5-2-6-14-35)19-20-38(41)29-48(50)51(49)32-42(39)28-44/h1-33H. The van der Waals surface area contributed by atoms with Crippen molar-refractivity contribution in [2.24, 2.45) is 0 Å². The van der Waals surface area contributed by atoms with E-state index in [9.17, 15) is 0 Å². The van der Waals surface area contributed by atoms with Crippen LogP contribution in [0.4, 0.5) is 17.1 Å². The van der Waals surface area contributed by atoms with E-state index in [0.29, 0.717) is 0 Å². The highest BCUT2D eigenvalue weighted by Crippen LogP contribution is 2.51. The molecular formula is C52H33N. The number of rotatable bonds is 5. The Bertz CT molecular complexity index is 3030. The van der Waals surface area contributed by atoms with Crippen LogP contribution in [0, 0.1) is 0 Å². The molecule has 0 radical (unpaired) electrons. The largest absolute Gasteiger partial charge is 0.310 e. The van der Waals surface area contributed by atoms with Crippen LogP contribution in [-0.2, 0) is 0 Å². The van der Waals surface area contributed by atoms with Crippen LogP contribution in [0.3, 0.4) is 0 Å². The molecule has 0 heterocycles. The highest BCUT2D eigenvalue weighted by Gasteiger charge is 2.25. The molecule has 1 heteroatoms. The van der Waals surface area contributed by atoms with Crippen molar-refractivity contribution in [1.29, 1.82) is 0 Å². The van der Waals surface area contributed by atoms with Gasteiger partial charge in [-0.25, -0.2) is 0 Å². The lowest BCUT2D eigenvalue weighted by molar-refractivity contribution is 1.31. The molecule has 1 aliphatic carbocycles. The van der Waals surface area contributed by atoms with Gasteiger partial charge < -0.3 is 4.90 Å². The minimum atomic E-state index is 1.13. The first-order valence-electron chi connectivity index (χ1n) is 18.3. The minimum Gasteiger partial charge on any atom is -0.310 e. The van der Waals surface area contributed by atoms with Crippen LogP contribution in [0.2, 0.25) is 0 Å². The highest BCUT2D eigenvalue weighted by atomic mass is 15.1. The van der Waals surface area contributed by atoms with Crippen LogP contribution >= 0.6 is 0 Å². The van der Waals surface area contributed by atoms with Crippen LogP contribution in [0.25, 0.3) is 87.6 Å². The number of nitrogens with zero attached hydrogens (tertiary/aromatic N) is 1. The Kier molecular flexibility index (Phi) is 6.62. The zero-order valence-corrected chi connectivity index (χ0v) is 29.0. The van der Waals surface area contributed by atoms with Crippen LogP contribution in [0.5, 0.6) is 0 Å². The van der Waals surface area contributed by atoms with E-state index >= 15 is 0 Å². The van der Waals surface area contributed by atoms with Gasteiger partial charge in [0.1, 0.15) is 0 Å². The van der Waals surface area contributed by atoms with Gasteiger partial charge in [-0.15, -0.1) is 0 Å². The molecule has 0 atom stereocenters. The molecule has 1 aliphatic rings. The molecule has 0 aromatic heterocycles. The summed E-state index contributed by atoms with van der Waals surface area (Å²) in [5, 5.41) is 10.0. The van der Waals surface area contributed by atoms with Crippen molar-refractivity contribution in [3.05, 3.63) is 200 Å². The normalized spacial score (nSPS) is 11.8. The van der Waals surface area contributed by atoms with Crippen LogP contribution in [-0.4, -0.2) is 0 Å². The van der Waals surface area contributed by atoms with Crippen molar-refractivity contribution in [3.63, 3.8) is 0 Å². The number of anilines is 3. The Morgan fingerprint density at radius 2 is 0.717 bits per heavy atom. The number of hydrogen-bond acceptors (Lipinski definition) is 1. The van der Waals surface area contributed by atoms with E-state index in [4.69, 9.17) is 0 Å². The average molecular weight is 672 g/mol. The highest BCUT2D eigenvalue weighted by molar-refractivity contribution is 6.16. The van der Waals surface area contributed by atoms with Gasteiger partial charge in [-0.2, -0.15) is 0 Å². The molecule has 0 aliphatic heterocycles. The number of benzene rings is 10. The van der Waals surface area contributed by atoms with Crippen molar-refractivity contribution >= 4 is 60.2 Å². The predicted molar refractivity (Wildman–Crippen MR) is 226 cm³/mol. The molecule has 0 saturated heterocycles. The lowest BCUT2D eigenvalue weighted by Gasteiger charge is -2.29. The van der Waals surface area contributed by atoms with Gasteiger partial charge in [0.05, 0.1) is 5.69 Å². The smallest absolute Gasteiger partial charge is 0.0546 e. The molecule has 11 rings (SSSR count). The number of hydrogen-bond donors (Lipinski definition) is 0. The van der Waals surface area contributed by atoms with Crippen molar-refractivity contribution in [2.45, 2.75) is 0 Å². The fraction of sp³-hybridized carbons (Fsp3) is 0. The molecule has 1 nitrogen and oxygen atoms in total.